The zero-order valence-corrected chi connectivity index (χ0v) is 19.1. The van der Waals surface area contributed by atoms with Gasteiger partial charge in [0.1, 0.15) is 5.75 Å². The van der Waals surface area contributed by atoms with E-state index >= 15 is 0 Å². The predicted octanol–water partition coefficient (Wildman–Crippen LogP) is 4.93. The molecule has 0 bridgehead atoms. The number of fused-ring (bicyclic) bond motifs is 1. The third-order valence-corrected chi connectivity index (χ3v) is 7.00. The van der Waals surface area contributed by atoms with Crippen molar-refractivity contribution in [2.24, 2.45) is 0 Å². The van der Waals surface area contributed by atoms with E-state index in [-0.39, 0.29) is 19.4 Å². The smallest absolute Gasteiger partial charge is 0.337 e. The number of aromatic nitrogens is 1. The van der Waals surface area contributed by atoms with Gasteiger partial charge < -0.3 is 14.5 Å². The molecule has 2 aliphatic rings. The lowest BCUT2D eigenvalue weighted by Crippen LogP contribution is -2.48. The third-order valence-electron chi connectivity index (χ3n) is 7.00. The van der Waals surface area contributed by atoms with E-state index in [2.05, 4.69) is 46.0 Å². The highest BCUT2D eigenvalue weighted by molar-refractivity contribution is 5.89. The Labute approximate surface area is 196 Å². The molecule has 6 heteroatoms. The van der Waals surface area contributed by atoms with Gasteiger partial charge in [-0.3, -0.25) is 9.80 Å². The van der Waals surface area contributed by atoms with Gasteiger partial charge in [0, 0.05) is 60.9 Å². The molecule has 0 amide bonds. The Morgan fingerprint density at radius 2 is 1.88 bits per heavy atom. The molecule has 1 aliphatic heterocycles. The molecule has 1 saturated heterocycles. The molecule has 1 aliphatic carbocycles. The van der Waals surface area contributed by atoms with Crippen LogP contribution in [0.3, 0.4) is 0 Å². The number of hydrogen-bond acceptors (Lipinski definition) is 5. The van der Waals surface area contributed by atoms with Crippen LogP contribution in [0, 0.1) is 6.92 Å². The van der Waals surface area contributed by atoms with E-state index < -0.39 is 0 Å². The number of aryl methyl sites for hydroxylation is 1. The lowest BCUT2D eigenvalue weighted by molar-refractivity contribution is 0.0598. The molecular weight excluding hydrogens is 414 g/mol. The van der Waals surface area contributed by atoms with Crippen LogP contribution in [-0.4, -0.2) is 60.6 Å². The minimum Gasteiger partial charge on any atom is -0.496 e. The molecule has 1 N–H and O–H groups in total. The standard InChI is InChI=1S/C26H31N3O3.CH4/c1-17-14-24(31-2)22(21-10-11-27-25(17)21)15-29-13-12-28(20-8-9-20)16-23(29)18-4-6-19(7-5-18)26(30)32-3;/h4-7,10-11,14,20,23,27H,8-9,12-13,15-16H2,1-3H3;1H4. The molecule has 3 aromatic rings. The number of aromatic amines is 1. The van der Waals surface area contributed by atoms with Crippen LogP contribution in [0.1, 0.15) is 53.4 Å². The van der Waals surface area contributed by atoms with Crippen molar-refractivity contribution in [2.75, 3.05) is 33.9 Å². The SMILES string of the molecule is C.COC(=O)c1ccc(C2CN(C3CC3)CCN2Cc2c(OC)cc(C)c3[nH]ccc23)cc1. The van der Waals surface area contributed by atoms with Crippen molar-refractivity contribution < 1.29 is 14.3 Å². The second-order valence-corrected chi connectivity index (χ2v) is 8.97. The first kappa shape index (κ1) is 23.3. The Bertz CT molecular complexity index is 1120. The van der Waals surface area contributed by atoms with Gasteiger partial charge in [-0.25, -0.2) is 4.79 Å². The van der Waals surface area contributed by atoms with Gasteiger partial charge in [-0.15, -0.1) is 0 Å². The number of carbonyl (C=O) groups excluding carboxylic acids is 1. The number of carbonyl (C=O) groups is 1. The van der Waals surface area contributed by atoms with Gasteiger partial charge in [-0.1, -0.05) is 19.6 Å². The van der Waals surface area contributed by atoms with Crippen molar-refractivity contribution in [2.45, 2.75) is 45.8 Å². The number of methoxy groups -OCH3 is 2. The van der Waals surface area contributed by atoms with E-state index in [9.17, 15) is 4.79 Å². The van der Waals surface area contributed by atoms with Crippen LogP contribution in [0.15, 0.2) is 42.6 Å². The number of H-pyrrole nitrogens is 1. The molecule has 2 aromatic carbocycles. The highest BCUT2D eigenvalue weighted by Gasteiger charge is 2.36. The summed E-state index contributed by atoms with van der Waals surface area (Å²) in [5, 5.41) is 1.23. The predicted molar refractivity (Wildman–Crippen MR) is 132 cm³/mol. The molecule has 2 fully saturated rings. The van der Waals surface area contributed by atoms with Crippen molar-refractivity contribution >= 4 is 16.9 Å². The third kappa shape index (κ3) is 4.50. The summed E-state index contributed by atoms with van der Waals surface area (Å²) in [5.74, 6) is 0.648. The van der Waals surface area contributed by atoms with E-state index in [1.165, 1.54) is 47.5 Å². The number of hydrogen-bond donors (Lipinski definition) is 1. The van der Waals surface area contributed by atoms with Crippen LogP contribution >= 0.6 is 0 Å². The molecule has 1 saturated carbocycles. The first-order valence-electron chi connectivity index (χ1n) is 11.4. The normalized spacial score (nSPS) is 19.3. The van der Waals surface area contributed by atoms with Crippen molar-refractivity contribution in [1.29, 1.82) is 0 Å². The summed E-state index contributed by atoms with van der Waals surface area (Å²) in [5.41, 5.74) is 5.42. The summed E-state index contributed by atoms with van der Waals surface area (Å²) < 4.78 is 10.7. The topological polar surface area (TPSA) is 57.8 Å². The number of piperazine rings is 1. The van der Waals surface area contributed by atoms with Gasteiger partial charge in [0.15, 0.2) is 0 Å². The fraction of sp³-hybridized carbons (Fsp3) is 0.444. The van der Waals surface area contributed by atoms with Crippen LogP contribution in [-0.2, 0) is 11.3 Å². The lowest BCUT2D eigenvalue weighted by Gasteiger charge is -2.42. The molecule has 33 heavy (non-hydrogen) atoms. The van der Waals surface area contributed by atoms with Gasteiger partial charge in [0.25, 0.3) is 0 Å². The average molecular weight is 450 g/mol. The molecule has 0 spiro atoms. The summed E-state index contributed by atoms with van der Waals surface area (Å²) >= 11 is 0. The minimum atomic E-state index is -0.295. The molecule has 1 unspecified atom stereocenters. The van der Waals surface area contributed by atoms with Crippen molar-refractivity contribution in [3.8, 4) is 5.75 Å². The summed E-state index contributed by atoms with van der Waals surface area (Å²) in [6.07, 6.45) is 4.63. The summed E-state index contributed by atoms with van der Waals surface area (Å²) in [4.78, 5) is 20.5. The molecular formula is C27H35N3O3. The largest absolute Gasteiger partial charge is 0.496 e. The molecule has 6 nitrogen and oxygen atoms in total. The van der Waals surface area contributed by atoms with Crippen LogP contribution in [0.2, 0.25) is 0 Å². The highest BCUT2D eigenvalue weighted by atomic mass is 16.5. The fourth-order valence-corrected chi connectivity index (χ4v) is 5.06. The summed E-state index contributed by atoms with van der Waals surface area (Å²) in [6, 6.07) is 13.2. The molecule has 1 atom stereocenters. The fourth-order valence-electron chi connectivity index (χ4n) is 5.06. The van der Waals surface area contributed by atoms with E-state index in [4.69, 9.17) is 9.47 Å². The van der Waals surface area contributed by atoms with E-state index in [1.807, 2.05) is 18.3 Å². The lowest BCUT2D eigenvalue weighted by atomic mass is 9.98. The quantitative estimate of drug-likeness (QED) is 0.541. The molecule has 0 radical (unpaired) electrons. The molecule has 176 valence electrons. The van der Waals surface area contributed by atoms with Crippen LogP contribution in [0.5, 0.6) is 5.75 Å². The number of rotatable bonds is 6. The molecule has 2 heterocycles. The van der Waals surface area contributed by atoms with Gasteiger partial charge in [-0.2, -0.15) is 0 Å². The Hall–Kier alpha value is -2.83. The second-order valence-electron chi connectivity index (χ2n) is 8.97. The number of nitrogens with zero attached hydrogens (tertiary/aromatic N) is 2. The number of ether oxygens (including phenoxy) is 2. The number of nitrogens with one attached hydrogen (secondary N) is 1. The van der Waals surface area contributed by atoms with E-state index in [1.54, 1.807) is 7.11 Å². The minimum absolute atomic E-state index is 0. The van der Waals surface area contributed by atoms with Crippen molar-refractivity contribution in [1.82, 2.24) is 14.8 Å². The first-order valence-corrected chi connectivity index (χ1v) is 11.4. The van der Waals surface area contributed by atoms with Crippen LogP contribution < -0.4 is 4.74 Å². The summed E-state index contributed by atoms with van der Waals surface area (Å²) in [6.45, 7) is 6.03. The van der Waals surface area contributed by atoms with Crippen molar-refractivity contribution in [3.63, 3.8) is 0 Å². The second kappa shape index (κ2) is 9.57. The highest BCUT2D eigenvalue weighted by Crippen LogP contribution is 2.37. The Kier molecular flexibility index (Phi) is 6.77. The number of benzene rings is 2. The van der Waals surface area contributed by atoms with Gasteiger partial charge >= 0.3 is 5.97 Å². The molecule has 1 aromatic heterocycles. The van der Waals surface area contributed by atoms with Crippen LogP contribution in [0.25, 0.3) is 10.9 Å². The Morgan fingerprint density at radius 1 is 1.12 bits per heavy atom. The van der Waals surface area contributed by atoms with Gasteiger partial charge in [-0.05, 0) is 55.2 Å². The number of esters is 1. The maximum atomic E-state index is 11.9. The van der Waals surface area contributed by atoms with E-state index in [0.29, 0.717) is 5.56 Å². The first-order chi connectivity index (χ1) is 15.6. The summed E-state index contributed by atoms with van der Waals surface area (Å²) in [7, 11) is 3.17. The maximum absolute atomic E-state index is 11.9. The average Bonchev–Trinajstić information content (AvgIpc) is 3.56. The molecule has 5 rings (SSSR count). The zero-order valence-electron chi connectivity index (χ0n) is 19.1. The van der Waals surface area contributed by atoms with Gasteiger partial charge in [0.05, 0.1) is 19.8 Å². The van der Waals surface area contributed by atoms with Crippen molar-refractivity contribution in [3.05, 3.63) is 64.8 Å². The Morgan fingerprint density at radius 3 is 2.55 bits per heavy atom. The van der Waals surface area contributed by atoms with Crippen LogP contribution in [0.4, 0.5) is 0 Å². The van der Waals surface area contributed by atoms with E-state index in [0.717, 1.165) is 38.0 Å². The monoisotopic (exact) mass is 449 g/mol. The zero-order chi connectivity index (χ0) is 22.2. The maximum Gasteiger partial charge on any atom is 0.337 e. The Balaban J connectivity index is 0.00000259. The van der Waals surface area contributed by atoms with Gasteiger partial charge in [0.2, 0.25) is 0 Å².